The van der Waals surface area contributed by atoms with Crippen LogP contribution in [0.4, 0.5) is 0 Å². The average molecular weight is 957 g/mol. The second-order valence-corrected chi connectivity index (χ2v) is 20.2. The zero-order valence-corrected chi connectivity index (χ0v) is 41.5. The Labute approximate surface area is 436 Å². The lowest BCUT2D eigenvalue weighted by atomic mass is 9.80. The van der Waals surface area contributed by atoms with Crippen LogP contribution in [0.1, 0.15) is 25.0 Å². The van der Waals surface area contributed by atoms with Gasteiger partial charge in [-0.15, -0.1) is 0 Å². The molecule has 11 aromatic carbocycles. The van der Waals surface area contributed by atoms with E-state index in [0.717, 1.165) is 66.9 Å². The number of hydrogen-bond acceptors (Lipinski definition) is 4. The monoisotopic (exact) mass is 956 g/mol. The van der Waals surface area contributed by atoms with Gasteiger partial charge in [0.2, 0.25) is 0 Å². The summed E-state index contributed by atoms with van der Waals surface area (Å²) in [4.78, 5) is 20.9. The third kappa shape index (κ3) is 7.78. The van der Waals surface area contributed by atoms with Gasteiger partial charge in [-0.05, 0) is 148 Å². The predicted octanol–water partition coefficient (Wildman–Crippen LogP) is 18.4. The normalized spacial score (nSPS) is 12.5. The summed E-state index contributed by atoms with van der Waals surface area (Å²) < 4.78 is 0. The van der Waals surface area contributed by atoms with Crippen LogP contribution in [0, 0.1) is 0 Å². The molecule has 4 heteroatoms. The number of nitrogens with zero attached hydrogens (tertiary/aromatic N) is 4. The third-order valence-corrected chi connectivity index (χ3v) is 15.4. The van der Waals surface area contributed by atoms with Crippen LogP contribution >= 0.6 is 0 Å². The van der Waals surface area contributed by atoms with Gasteiger partial charge in [0.1, 0.15) is 0 Å². The van der Waals surface area contributed by atoms with Crippen LogP contribution in [0.5, 0.6) is 0 Å². The van der Waals surface area contributed by atoms with Gasteiger partial charge >= 0.3 is 0 Å². The van der Waals surface area contributed by atoms with E-state index in [9.17, 15) is 0 Å². The number of fused-ring (bicyclic) bond motifs is 7. The molecule has 1 aliphatic carbocycles. The van der Waals surface area contributed by atoms with E-state index >= 15 is 0 Å². The highest BCUT2D eigenvalue weighted by Crippen LogP contribution is 2.53. The maximum Gasteiger partial charge on any atom is 0.164 e. The van der Waals surface area contributed by atoms with Crippen molar-refractivity contribution in [2.75, 3.05) is 0 Å². The van der Waals surface area contributed by atoms with E-state index in [0.29, 0.717) is 17.5 Å². The molecule has 0 bridgehead atoms. The van der Waals surface area contributed by atoms with E-state index in [1.54, 1.807) is 0 Å². The molecule has 0 fully saturated rings. The maximum absolute atomic E-state index is 5.42. The molecule has 0 atom stereocenters. The summed E-state index contributed by atoms with van der Waals surface area (Å²) in [5.74, 6) is 1.79. The molecule has 4 nitrogen and oxygen atoms in total. The second-order valence-electron chi connectivity index (χ2n) is 20.2. The first kappa shape index (κ1) is 44.1. The van der Waals surface area contributed by atoms with E-state index in [-0.39, 0.29) is 5.41 Å². The first-order valence-corrected chi connectivity index (χ1v) is 25.7. The molecule has 0 saturated heterocycles. The van der Waals surface area contributed by atoms with Crippen LogP contribution in [-0.2, 0) is 5.41 Å². The standard InChI is InChI=1S/C71H48N4/c1-71(2)64-26-10-9-24-62(64)67-61-23-8-7-22-60(61)63(44-65(67)71)56-41-55(52-19-13-20-54(40-52)66-27-11-12-38-72-66)42-57(43-56)70-74-68(49-33-28-46(29-34-49)53-37-30-45-15-3-4-17-51(45)39-53)73-69(75-70)50-35-31-48(32-36-50)59-25-14-18-47-16-5-6-21-58(47)59/h3-44H,1-2H3. The van der Waals surface area contributed by atoms with E-state index in [1.165, 1.54) is 60.1 Å². The lowest BCUT2D eigenvalue weighted by molar-refractivity contribution is 0.661. The van der Waals surface area contributed by atoms with Crippen molar-refractivity contribution in [2.45, 2.75) is 19.3 Å². The summed E-state index contributed by atoms with van der Waals surface area (Å²) in [5, 5.41) is 7.31. The number of hydrogen-bond donors (Lipinski definition) is 0. The fourth-order valence-corrected chi connectivity index (χ4v) is 11.5. The van der Waals surface area contributed by atoms with Gasteiger partial charge in [-0.2, -0.15) is 0 Å². The lowest BCUT2D eigenvalue weighted by Crippen LogP contribution is -2.15. The van der Waals surface area contributed by atoms with Crippen LogP contribution < -0.4 is 0 Å². The lowest BCUT2D eigenvalue weighted by Gasteiger charge is -2.23. The highest BCUT2D eigenvalue weighted by Gasteiger charge is 2.37. The summed E-state index contributed by atoms with van der Waals surface area (Å²) in [5.41, 5.74) is 18.7. The molecule has 0 spiro atoms. The van der Waals surface area contributed by atoms with Gasteiger partial charge in [0.25, 0.3) is 0 Å². The molecular formula is C71H48N4. The quantitative estimate of drug-likeness (QED) is 0.152. The van der Waals surface area contributed by atoms with Crippen molar-refractivity contribution < 1.29 is 0 Å². The minimum Gasteiger partial charge on any atom is -0.256 e. The minimum atomic E-state index is -0.201. The topological polar surface area (TPSA) is 51.6 Å². The van der Waals surface area contributed by atoms with Gasteiger partial charge in [0.15, 0.2) is 17.5 Å². The molecule has 0 unspecified atom stereocenters. The summed E-state index contributed by atoms with van der Waals surface area (Å²) in [7, 11) is 0. The highest BCUT2D eigenvalue weighted by atomic mass is 15.0. The van der Waals surface area contributed by atoms with E-state index in [2.05, 4.69) is 250 Å². The highest BCUT2D eigenvalue weighted by molar-refractivity contribution is 6.09. The van der Waals surface area contributed by atoms with Crippen molar-refractivity contribution in [3.05, 3.63) is 266 Å². The first-order chi connectivity index (χ1) is 36.9. The molecule has 352 valence electrons. The van der Waals surface area contributed by atoms with Gasteiger partial charge in [-0.3, -0.25) is 4.98 Å². The number of rotatable bonds is 8. The van der Waals surface area contributed by atoms with Crippen molar-refractivity contribution in [3.63, 3.8) is 0 Å². The number of aromatic nitrogens is 4. The zero-order valence-electron chi connectivity index (χ0n) is 41.5. The number of pyridine rings is 1. The van der Waals surface area contributed by atoms with Gasteiger partial charge in [-0.25, -0.2) is 15.0 Å². The van der Waals surface area contributed by atoms with Crippen molar-refractivity contribution in [1.29, 1.82) is 0 Å². The molecule has 2 heterocycles. The molecule has 0 N–H and O–H groups in total. The smallest absolute Gasteiger partial charge is 0.164 e. The Morgan fingerprint density at radius 3 is 1.59 bits per heavy atom. The van der Waals surface area contributed by atoms with Crippen molar-refractivity contribution in [3.8, 4) is 101 Å². The van der Waals surface area contributed by atoms with E-state index in [4.69, 9.17) is 19.9 Å². The maximum atomic E-state index is 5.42. The molecular weight excluding hydrogens is 909 g/mol. The Kier molecular flexibility index (Phi) is 10.5. The van der Waals surface area contributed by atoms with Gasteiger partial charge in [0.05, 0.1) is 5.69 Å². The molecule has 0 saturated carbocycles. The molecule has 2 aromatic heterocycles. The molecule has 75 heavy (non-hydrogen) atoms. The molecule has 14 rings (SSSR count). The third-order valence-electron chi connectivity index (χ3n) is 15.4. The fraction of sp³-hybridized carbons (Fsp3) is 0.0423. The SMILES string of the molecule is CC1(C)c2ccccc2-c2c1cc(-c1cc(-c3cccc(-c4ccccn4)c3)cc(-c3nc(-c4ccc(-c5ccc6ccccc6c5)cc4)nc(-c4ccc(-c5cccc6ccccc56)cc4)n3)c1)c1ccccc21. The second kappa shape index (κ2) is 17.8. The van der Waals surface area contributed by atoms with Crippen LogP contribution in [0.3, 0.4) is 0 Å². The van der Waals surface area contributed by atoms with Crippen molar-refractivity contribution in [1.82, 2.24) is 19.9 Å². The Hall–Kier alpha value is -9.64. The summed E-state index contributed by atoms with van der Waals surface area (Å²) in [6, 6.07) is 89.3. The average Bonchev–Trinajstić information content (AvgIpc) is 3.80. The summed E-state index contributed by atoms with van der Waals surface area (Å²) >= 11 is 0. The van der Waals surface area contributed by atoms with Crippen LogP contribution in [-0.4, -0.2) is 19.9 Å². The van der Waals surface area contributed by atoms with E-state index in [1.807, 2.05) is 18.3 Å². The van der Waals surface area contributed by atoms with Crippen LogP contribution in [0.15, 0.2) is 255 Å². The Bertz CT molecular complexity index is 4360. The van der Waals surface area contributed by atoms with Crippen molar-refractivity contribution >= 4 is 32.3 Å². The molecule has 0 amide bonds. The summed E-state index contributed by atoms with van der Waals surface area (Å²) in [6.45, 7) is 4.72. The molecule has 13 aromatic rings. The Balaban J connectivity index is 0.966. The van der Waals surface area contributed by atoms with Gasteiger partial charge in [0, 0.05) is 33.9 Å². The Morgan fingerprint density at radius 1 is 0.280 bits per heavy atom. The Morgan fingerprint density at radius 2 is 0.813 bits per heavy atom. The molecule has 0 aliphatic heterocycles. The van der Waals surface area contributed by atoms with Crippen LogP contribution in [0.25, 0.3) is 133 Å². The zero-order chi connectivity index (χ0) is 50.0. The molecule has 1 aliphatic rings. The van der Waals surface area contributed by atoms with Gasteiger partial charge < -0.3 is 0 Å². The fourth-order valence-electron chi connectivity index (χ4n) is 11.5. The predicted molar refractivity (Wildman–Crippen MR) is 311 cm³/mol. The molecule has 0 radical (unpaired) electrons. The minimum absolute atomic E-state index is 0.201. The van der Waals surface area contributed by atoms with Crippen LogP contribution in [0.2, 0.25) is 0 Å². The van der Waals surface area contributed by atoms with Crippen molar-refractivity contribution in [2.24, 2.45) is 0 Å². The van der Waals surface area contributed by atoms with Gasteiger partial charge in [-0.1, -0.05) is 214 Å². The number of benzene rings is 11. The first-order valence-electron chi connectivity index (χ1n) is 25.7. The van der Waals surface area contributed by atoms with E-state index < -0.39 is 0 Å². The summed E-state index contributed by atoms with van der Waals surface area (Å²) in [6.07, 6.45) is 1.85. The largest absolute Gasteiger partial charge is 0.256 e.